The first kappa shape index (κ1) is 24.2. The molecule has 0 radical (unpaired) electrons. The van der Waals surface area contributed by atoms with Crippen LogP contribution in [-0.2, 0) is 21.3 Å². The summed E-state index contributed by atoms with van der Waals surface area (Å²) in [5.41, 5.74) is 1.70. The van der Waals surface area contributed by atoms with Crippen LogP contribution in [0.5, 0.6) is 11.6 Å². The van der Waals surface area contributed by atoms with E-state index in [4.69, 9.17) is 14.2 Å². The van der Waals surface area contributed by atoms with E-state index in [1.807, 2.05) is 0 Å². The predicted molar refractivity (Wildman–Crippen MR) is 129 cm³/mol. The summed E-state index contributed by atoms with van der Waals surface area (Å²) < 4.78 is 50.5. The molecule has 1 saturated heterocycles. The lowest BCUT2D eigenvalue weighted by Crippen LogP contribution is -2.43. The molecule has 0 saturated carbocycles. The van der Waals surface area contributed by atoms with Gasteiger partial charge in [-0.25, -0.2) is 4.98 Å². The number of nitrogens with zero attached hydrogens (tertiary/aromatic N) is 2. The second kappa shape index (κ2) is 10.2. The molecule has 10 nitrogen and oxygen atoms in total. The molecule has 11 heteroatoms. The molecule has 2 aromatic heterocycles. The fourth-order valence-corrected chi connectivity index (χ4v) is 5.00. The summed E-state index contributed by atoms with van der Waals surface area (Å²) in [6.07, 6.45) is 4.98. The standard InChI is InChI=1S/C25H25N3O7S/c29-25(16-6-7-23(27-14-16)35-18-8-11-33-12-9-18)28-17-13-20-19(3-1-4-21(20)34-15-17)24-22(36(30,31)32)5-2-10-26-24/h1-7,10,14,17-18H,8-9,11-13,15H2,(H,28,29)(H,30,31,32)/t17-/m0/s1. The van der Waals surface area contributed by atoms with Gasteiger partial charge < -0.3 is 19.5 Å². The molecule has 2 aliphatic rings. The summed E-state index contributed by atoms with van der Waals surface area (Å²) in [5.74, 6) is 0.718. The monoisotopic (exact) mass is 511 g/mol. The van der Waals surface area contributed by atoms with Crippen LogP contribution in [0.2, 0.25) is 0 Å². The highest BCUT2D eigenvalue weighted by atomic mass is 32.2. The highest BCUT2D eigenvalue weighted by Gasteiger charge is 2.27. The Balaban J connectivity index is 1.30. The van der Waals surface area contributed by atoms with Gasteiger partial charge in [0.1, 0.15) is 23.4 Å². The van der Waals surface area contributed by atoms with Crippen LogP contribution in [0.3, 0.4) is 0 Å². The van der Waals surface area contributed by atoms with E-state index < -0.39 is 10.1 Å². The number of carbonyl (C=O) groups excluding carboxylic acids is 1. The average Bonchev–Trinajstić information content (AvgIpc) is 2.89. The number of carbonyl (C=O) groups is 1. The molecule has 0 aliphatic carbocycles. The summed E-state index contributed by atoms with van der Waals surface area (Å²) in [5, 5.41) is 2.95. The maximum absolute atomic E-state index is 12.9. The van der Waals surface area contributed by atoms with Crippen molar-refractivity contribution in [3.05, 3.63) is 66.0 Å². The SMILES string of the molecule is O=C(N[C@@H]1COc2cccc(-c3ncccc3S(=O)(=O)O)c2C1)c1ccc(OC2CCOCC2)nc1. The van der Waals surface area contributed by atoms with Gasteiger partial charge in [0.05, 0.1) is 30.5 Å². The number of rotatable bonds is 6. The molecule has 2 aliphatic heterocycles. The molecule has 0 bridgehead atoms. The van der Waals surface area contributed by atoms with Gasteiger partial charge in [0.15, 0.2) is 0 Å². The summed E-state index contributed by atoms with van der Waals surface area (Å²) in [7, 11) is -4.49. The van der Waals surface area contributed by atoms with Crippen molar-refractivity contribution in [2.24, 2.45) is 0 Å². The van der Waals surface area contributed by atoms with Crippen molar-refractivity contribution >= 4 is 16.0 Å². The zero-order chi connectivity index (χ0) is 25.1. The first-order valence-electron chi connectivity index (χ1n) is 11.6. The summed E-state index contributed by atoms with van der Waals surface area (Å²) in [4.78, 5) is 21.0. The van der Waals surface area contributed by atoms with Crippen LogP contribution in [-0.4, -0.2) is 60.8 Å². The molecule has 188 valence electrons. The van der Waals surface area contributed by atoms with Crippen LogP contribution in [0.25, 0.3) is 11.3 Å². The van der Waals surface area contributed by atoms with Gasteiger partial charge in [-0.2, -0.15) is 8.42 Å². The van der Waals surface area contributed by atoms with Crippen LogP contribution in [0.15, 0.2) is 59.8 Å². The molecule has 1 aromatic carbocycles. The lowest BCUT2D eigenvalue weighted by molar-refractivity contribution is 0.0237. The van der Waals surface area contributed by atoms with Gasteiger partial charge in [0.25, 0.3) is 16.0 Å². The number of hydrogen-bond acceptors (Lipinski definition) is 8. The Hall–Kier alpha value is -3.54. The van der Waals surface area contributed by atoms with Gasteiger partial charge in [0, 0.05) is 48.8 Å². The second-order valence-electron chi connectivity index (χ2n) is 8.61. The van der Waals surface area contributed by atoms with E-state index in [2.05, 4.69) is 15.3 Å². The van der Waals surface area contributed by atoms with E-state index in [0.29, 0.717) is 48.0 Å². The first-order chi connectivity index (χ1) is 17.4. The predicted octanol–water partition coefficient (Wildman–Crippen LogP) is 2.68. The smallest absolute Gasteiger partial charge is 0.296 e. The number of nitrogens with one attached hydrogen (secondary N) is 1. The molecule has 1 amide bonds. The molecule has 36 heavy (non-hydrogen) atoms. The summed E-state index contributed by atoms with van der Waals surface area (Å²) in [6.45, 7) is 1.57. The molecule has 3 aromatic rings. The lowest BCUT2D eigenvalue weighted by Gasteiger charge is -2.28. The molecule has 4 heterocycles. The zero-order valence-electron chi connectivity index (χ0n) is 19.3. The van der Waals surface area contributed by atoms with E-state index in [-0.39, 0.29) is 35.2 Å². The van der Waals surface area contributed by atoms with Crippen LogP contribution in [0.1, 0.15) is 28.8 Å². The largest absolute Gasteiger partial charge is 0.491 e. The van der Waals surface area contributed by atoms with E-state index in [1.165, 1.54) is 24.5 Å². The van der Waals surface area contributed by atoms with Crippen molar-refractivity contribution < 1.29 is 32.0 Å². The third-order valence-electron chi connectivity index (χ3n) is 6.12. The van der Waals surface area contributed by atoms with Gasteiger partial charge >= 0.3 is 0 Å². The molecule has 1 fully saturated rings. The highest BCUT2D eigenvalue weighted by Crippen LogP contribution is 2.36. The fraction of sp³-hybridized carbons (Fsp3) is 0.320. The molecular weight excluding hydrogens is 486 g/mol. The van der Waals surface area contributed by atoms with Crippen LogP contribution in [0, 0.1) is 0 Å². The van der Waals surface area contributed by atoms with E-state index in [9.17, 15) is 17.8 Å². The first-order valence-corrected chi connectivity index (χ1v) is 13.0. The topological polar surface area (TPSA) is 137 Å². The number of hydrogen-bond donors (Lipinski definition) is 2. The molecular formula is C25H25N3O7S. The van der Waals surface area contributed by atoms with Crippen molar-refractivity contribution in [3.8, 4) is 22.9 Å². The third-order valence-corrected chi connectivity index (χ3v) is 7.00. The number of amides is 1. The van der Waals surface area contributed by atoms with Gasteiger partial charge in [-0.1, -0.05) is 12.1 Å². The Labute approximate surface area is 208 Å². The minimum absolute atomic E-state index is 0.0556. The van der Waals surface area contributed by atoms with Crippen molar-refractivity contribution in [3.63, 3.8) is 0 Å². The van der Waals surface area contributed by atoms with Gasteiger partial charge in [-0.05, 0) is 24.3 Å². The number of aromatic nitrogens is 2. The van der Waals surface area contributed by atoms with Crippen molar-refractivity contribution in [1.82, 2.24) is 15.3 Å². The molecule has 2 N–H and O–H groups in total. The quantitative estimate of drug-likeness (QED) is 0.479. The maximum Gasteiger partial charge on any atom is 0.296 e. The second-order valence-corrected chi connectivity index (χ2v) is 10.00. The Morgan fingerprint density at radius 2 is 1.92 bits per heavy atom. The number of fused-ring (bicyclic) bond motifs is 1. The van der Waals surface area contributed by atoms with E-state index in [1.54, 1.807) is 30.3 Å². The van der Waals surface area contributed by atoms with Crippen LogP contribution in [0.4, 0.5) is 0 Å². The fourth-order valence-electron chi connectivity index (χ4n) is 4.34. The number of pyridine rings is 2. The Bertz CT molecular complexity index is 1360. The average molecular weight is 512 g/mol. The summed E-state index contributed by atoms with van der Waals surface area (Å²) in [6, 6.07) is 10.9. The number of benzene rings is 1. The maximum atomic E-state index is 12.9. The molecule has 0 unspecified atom stereocenters. The van der Waals surface area contributed by atoms with Crippen molar-refractivity contribution in [2.75, 3.05) is 19.8 Å². The lowest BCUT2D eigenvalue weighted by atomic mass is 9.95. The third kappa shape index (κ3) is 5.32. The van der Waals surface area contributed by atoms with E-state index in [0.717, 1.165) is 12.8 Å². The van der Waals surface area contributed by atoms with Crippen LogP contribution >= 0.6 is 0 Å². The van der Waals surface area contributed by atoms with Gasteiger partial charge in [0.2, 0.25) is 5.88 Å². The van der Waals surface area contributed by atoms with E-state index >= 15 is 0 Å². The number of ether oxygens (including phenoxy) is 3. The van der Waals surface area contributed by atoms with Crippen LogP contribution < -0.4 is 14.8 Å². The Morgan fingerprint density at radius 3 is 2.67 bits per heavy atom. The van der Waals surface area contributed by atoms with Gasteiger partial charge in [-0.3, -0.25) is 14.3 Å². The zero-order valence-corrected chi connectivity index (χ0v) is 20.1. The molecule has 1 atom stereocenters. The molecule has 5 rings (SSSR count). The highest BCUT2D eigenvalue weighted by molar-refractivity contribution is 7.86. The van der Waals surface area contributed by atoms with Crippen molar-refractivity contribution in [2.45, 2.75) is 36.3 Å². The normalized spacial score (nSPS) is 18.1. The van der Waals surface area contributed by atoms with Gasteiger partial charge in [-0.15, -0.1) is 0 Å². The Morgan fingerprint density at radius 1 is 1.08 bits per heavy atom. The Kier molecular flexibility index (Phi) is 6.86. The minimum Gasteiger partial charge on any atom is -0.491 e. The minimum atomic E-state index is -4.49. The summed E-state index contributed by atoms with van der Waals surface area (Å²) >= 11 is 0. The van der Waals surface area contributed by atoms with Crippen molar-refractivity contribution in [1.29, 1.82) is 0 Å². The molecule has 0 spiro atoms.